The first-order valence-corrected chi connectivity index (χ1v) is 5.66. The molecule has 6 nitrogen and oxygen atoms in total. The third kappa shape index (κ3) is 2.51. The Balaban J connectivity index is 2.28. The van der Waals surface area contributed by atoms with Crippen LogP contribution in [0.1, 0.15) is 6.42 Å². The van der Waals surface area contributed by atoms with E-state index in [1.165, 1.54) is 18.5 Å². The third-order valence-corrected chi connectivity index (χ3v) is 2.93. The van der Waals surface area contributed by atoms with Crippen LogP contribution in [0.3, 0.4) is 0 Å². The van der Waals surface area contributed by atoms with Crippen molar-refractivity contribution in [2.45, 2.75) is 18.6 Å². The highest BCUT2D eigenvalue weighted by molar-refractivity contribution is 5.90. The van der Waals surface area contributed by atoms with Gasteiger partial charge >= 0.3 is 6.09 Å². The van der Waals surface area contributed by atoms with Crippen molar-refractivity contribution in [1.82, 2.24) is 10.3 Å². The van der Waals surface area contributed by atoms with Gasteiger partial charge in [-0.25, -0.2) is 9.18 Å². The Kier molecular flexibility index (Phi) is 3.61. The molecule has 1 aromatic heterocycles. The first-order valence-electron chi connectivity index (χ1n) is 5.66. The van der Waals surface area contributed by atoms with E-state index in [2.05, 4.69) is 10.3 Å². The molecule has 0 radical (unpaired) electrons. The van der Waals surface area contributed by atoms with Gasteiger partial charge in [-0.05, 0) is 6.07 Å². The maximum absolute atomic E-state index is 13.3. The summed E-state index contributed by atoms with van der Waals surface area (Å²) in [5.41, 5.74) is 6.33. The average Bonchev–Trinajstić information content (AvgIpc) is 2.32. The number of piperidine rings is 1. The number of aromatic nitrogens is 1. The van der Waals surface area contributed by atoms with Crippen molar-refractivity contribution >= 4 is 17.5 Å². The van der Waals surface area contributed by atoms with Gasteiger partial charge in [-0.2, -0.15) is 0 Å². The van der Waals surface area contributed by atoms with Gasteiger partial charge in [0, 0.05) is 25.7 Å². The lowest BCUT2D eigenvalue weighted by molar-refractivity contribution is 0.189. The first kappa shape index (κ1) is 12.6. The van der Waals surface area contributed by atoms with Crippen LogP contribution in [0, 0.1) is 0 Å². The van der Waals surface area contributed by atoms with Crippen LogP contribution in [-0.4, -0.2) is 41.5 Å². The van der Waals surface area contributed by atoms with E-state index < -0.39 is 18.3 Å². The zero-order valence-corrected chi connectivity index (χ0v) is 9.71. The van der Waals surface area contributed by atoms with Gasteiger partial charge in [-0.3, -0.25) is 9.88 Å². The molecule has 0 saturated carbocycles. The topological polar surface area (TPSA) is 91.5 Å². The number of rotatable bonds is 2. The Labute approximate surface area is 104 Å². The molecule has 1 fully saturated rings. The highest BCUT2D eigenvalue weighted by atomic mass is 19.1. The predicted molar refractivity (Wildman–Crippen MR) is 65.3 cm³/mol. The fourth-order valence-electron chi connectivity index (χ4n) is 2.14. The zero-order chi connectivity index (χ0) is 13.1. The van der Waals surface area contributed by atoms with Gasteiger partial charge in [0.05, 0.1) is 23.6 Å². The molecule has 18 heavy (non-hydrogen) atoms. The Morgan fingerprint density at radius 1 is 1.61 bits per heavy atom. The number of pyridine rings is 1. The maximum atomic E-state index is 13.3. The number of carboxylic acid groups (broad SMARTS) is 1. The van der Waals surface area contributed by atoms with Crippen LogP contribution < -0.4 is 16.0 Å². The number of amides is 1. The molecule has 0 aromatic carbocycles. The second kappa shape index (κ2) is 5.18. The maximum Gasteiger partial charge on any atom is 0.412 e. The number of carbonyl (C=O) groups is 1. The summed E-state index contributed by atoms with van der Waals surface area (Å²) < 4.78 is 13.3. The molecule has 7 heteroatoms. The number of nitrogens with zero attached hydrogens (tertiary/aromatic N) is 2. The number of nitrogen functional groups attached to an aromatic ring is 1. The number of hydrogen-bond donors (Lipinski definition) is 3. The van der Waals surface area contributed by atoms with Crippen molar-refractivity contribution in [1.29, 1.82) is 0 Å². The molecule has 1 saturated heterocycles. The van der Waals surface area contributed by atoms with Crippen LogP contribution in [0.4, 0.5) is 20.6 Å². The Morgan fingerprint density at radius 2 is 2.39 bits per heavy atom. The predicted octanol–water partition coefficient (Wildman–Crippen LogP) is 0.848. The highest BCUT2D eigenvalue weighted by Crippen LogP contribution is 2.26. The SMILES string of the molecule is Nc1cnccc1N(C(=O)O)[C@@H]1CNC[C@@H](F)C1. The summed E-state index contributed by atoms with van der Waals surface area (Å²) in [5.74, 6) is 0. The molecule has 98 valence electrons. The molecule has 0 unspecified atom stereocenters. The summed E-state index contributed by atoms with van der Waals surface area (Å²) in [7, 11) is 0. The summed E-state index contributed by atoms with van der Waals surface area (Å²) in [6.45, 7) is 0.671. The van der Waals surface area contributed by atoms with Gasteiger partial charge in [0.2, 0.25) is 0 Å². The van der Waals surface area contributed by atoms with E-state index in [1.54, 1.807) is 0 Å². The first-order chi connectivity index (χ1) is 8.59. The number of hydrogen-bond acceptors (Lipinski definition) is 4. The fourth-order valence-corrected chi connectivity index (χ4v) is 2.14. The molecular weight excluding hydrogens is 239 g/mol. The molecule has 1 aliphatic rings. The van der Waals surface area contributed by atoms with Gasteiger partial charge in [0.1, 0.15) is 6.17 Å². The Bertz CT molecular complexity index is 443. The second-order valence-electron chi connectivity index (χ2n) is 4.23. The lowest BCUT2D eigenvalue weighted by Gasteiger charge is -2.34. The number of nitrogens with one attached hydrogen (secondary N) is 1. The Hall–Kier alpha value is -1.89. The number of halogens is 1. The van der Waals surface area contributed by atoms with E-state index in [0.29, 0.717) is 12.2 Å². The molecule has 1 aliphatic heterocycles. The van der Waals surface area contributed by atoms with E-state index in [9.17, 15) is 14.3 Å². The minimum Gasteiger partial charge on any atom is -0.465 e. The van der Waals surface area contributed by atoms with Gasteiger partial charge in [-0.15, -0.1) is 0 Å². The summed E-state index contributed by atoms with van der Waals surface area (Å²) in [6, 6.07) is 1.06. The van der Waals surface area contributed by atoms with Crippen molar-refractivity contribution in [2.75, 3.05) is 23.7 Å². The molecule has 0 spiro atoms. The van der Waals surface area contributed by atoms with Crippen molar-refractivity contribution in [2.24, 2.45) is 0 Å². The summed E-state index contributed by atoms with van der Waals surface area (Å²) in [6.07, 6.45) is 0.822. The second-order valence-corrected chi connectivity index (χ2v) is 4.23. The number of anilines is 2. The van der Waals surface area contributed by atoms with E-state index in [-0.39, 0.29) is 18.7 Å². The molecule has 2 atom stereocenters. The van der Waals surface area contributed by atoms with Gasteiger partial charge in [-0.1, -0.05) is 0 Å². The van der Waals surface area contributed by atoms with Crippen LogP contribution in [0.15, 0.2) is 18.5 Å². The van der Waals surface area contributed by atoms with Crippen molar-refractivity contribution in [3.8, 4) is 0 Å². The molecule has 1 aromatic rings. The van der Waals surface area contributed by atoms with E-state index in [0.717, 1.165) is 4.90 Å². The van der Waals surface area contributed by atoms with Crippen LogP contribution in [0.25, 0.3) is 0 Å². The van der Waals surface area contributed by atoms with E-state index in [4.69, 9.17) is 5.73 Å². The van der Waals surface area contributed by atoms with Gasteiger partial charge < -0.3 is 16.2 Å². The minimum atomic E-state index is -1.14. The summed E-state index contributed by atoms with van der Waals surface area (Å²) in [5, 5.41) is 12.2. The molecule has 2 rings (SSSR count). The lowest BCUT2D eigenvalue weighted by atomic mass is 10.0. The fraction of sp³-hybridized carbons (Fsp3) is 0.455. The van der Waals surface area contributed by atoms with Gasteiger partial charge in [0.15, 0.2) is 0 Å². The van der Waals surface area contributed by atoms with E-state index >= 15 is 0 Å². The average molecular weight is 254 g/mol. The lowest BCUT2D eigenvalue weighted by Crippen LogP contribution is -2.52. The van der Waals surface area contributed by atoms with Crippen LogP contribution in [-0.2, 0) is 0 Å². The normalized spacial score (nSPS) is 23.6. The van der Waals surface area contributed by atoms with Crippen LogP contribution >= 0.6 is 0 Å². The van der Waals surface area contributed by atoms with Crippen LogP contribution in [0.5, 0.6) is 0 Å². The third-order valence-electron chi connectivity index (χ3n) is 2.93. The monoisotopic (exact) mass is 254 g/mol. The van der Waals surface area contributed by atoms with E-state index in [1.807, 2.05) is 0 Å². The van der Waals surface area contributed by atoms with Crippen molar-refractivity contribution < 1.29 is 14.3 Å². The molecule has 2 heterocycles. The Morgan fingerprint density at radius 3 is 3.00 bits per heavy atom. The summed E-state index contributed by atoms with van der Waals surface area (Å²) in [4.78, 5) is 16.3. The molecule has 1 amide bonds. The van der Waals surface area contributed by atoms with Gasteiger partial charge in [0.25, 0.3) is 0 Å². The standard InChI is InChI=1S/C11H15FN4O2/c12-7-3-8(5-15-4-7)16(11(17)18)10-1-2-14-6-9(10)13/h1-2,6-8,15H,3-5,13H2,(H,17,18)/t7-,8-/m0/s1. The minimum absolute atomic E-state index is 0.168. The smallest absolute Gasteiger partial charge is 0.412 e. The molecular formula is C11H15FN4O2. The largest absolute Gasteiger partial charge is 0.465 e. The van der Waals surface area contributed by atoms with Crippen LogP contribution in [0.2, 0.25) is 0 Å². The van der Waals surface area contributed by atoms with Crippen molar-refractivity contribution in [3.05, 3.63) is 18.5 Å². The molecule has 0 aliphatic carbocycles. The molecule has 0 bridgehead atoms. The number of nitrogens with two attached hydrogens (primary N) is 1. The highest BCUT2D eigenvalue weighted by Gasteiger charge is 2.31. The summed E-state index contributed by atoms with van der Waals surface area (Å²) >= 11 is 0. The molecule has 4 N–H and O–H groups in total. The quantitative estimate of drug-likeness (QED) is 0.727. The zero-order valence-electron chi connectivity index (χ0n) is 9.71. The number of alkyl halides is 1. The van der Waals surface area contributed by atoms with Crippen molar-refractivity contribution in [3.63, 3.8) is 0 Å².